The van der Waals surface area contributed by atoms with Crippen LogP contribution in [0.2, 0.25) is 0 Å². The fraction of sp³-hybridized carbons (Fsp3) is 0.370. The lowest BCUT2D eigenvalue weighted by molar-refractivity contribution is -0.145. The Labute approximate surface area is 184 Å². The number of nitrogens with one attached hydrogen (secondary N) is 1. The van der Waals surface area contributed by atoms with E-state index in [2.05, 4.69) is 66.8 Å². The average Bonchev–Trinajstić information content (AvgIpc) is 3.26. The molecule has 3 aromatic rings. The monoisotopic (exact) mass is 417 g/mol. The van der Waals surface area contributed by atoms with Crippen molar-refractivity contribution in [2.75, 3.05) is 13.2 Å². The largest absolute Gasteiger partial charge is 0.482 e. The first kappa shape index (κ1) is 21.4. The number of fused-ring (bicyclic) bond motifs is 1. The van der Waals surface area contributed by atoms with Gasteiger partial charge in [0.2, 0.25) is 0 Å². The van der Waals surface area contributed by atoms with Crippen molar-refractivity contribution in [3.8, 4) is 5.75 Å². The summed E-state index contributed by atoms with van der Waals surface area (Å²) in [5.74, 6) is 0.898. The van der Waals surface area contributed by atoms with Crippen molar-refractivity contribution >= 4 is 16.7 Å². The second-order valence-electron chi connectivity index (χ2n) is 8.33. The molecule has 162 valence electrons. The van der Waals surface area contributed by atoms with Gasteiger partial charge >= 0.3 is 5.97 Å². The molecule has 0 radical (unpaired) electrons. The van der Waals surface area contributed by atoms with Crippen LogP contribution in [0, 0.1) is 0 Å². The lowest BCUT2D eigenvalue weighted by Gasteiger charge is -2.21. The molecule has 0 bridgehead atoms. The molecule has 1 aliphatic rings. The number of ether oxygens (including phenoxy) is 2. The van der Waals surface area contributed by atoms with Gasteiger partial charge in [0.05, 0.1) is 6.61 Å². The van der Waals surface area contributed by atoms with E-state index < -0.39 is 0 Å². The predicted molar refractivity (Wildman–Crippen MR) is 124 cm³/mol. The summed E-state index contributed by atoms with van der Waals surface area (Å²) in [6.07, 6.45) is 3.42. The van der Waals surface area contributed by atoms with Crippen LogP contribution in [0.5, 0.6) is 5.75 Å². The van der Waals surface area contributed by atoms with Gasteiger partial charge in [-0.25, -0.2) is 4.79 Å². The SMILES string of the molecule is CCOC(=O)COc1cccc([C@H]2CCC(NC(C)c3cccc4ccccc34)C2)c1. The van der Waals surface area contributed by atoms with Crippen molar-refractivity contribution in [3.05, 3.63) is 77.9 Å². The molecule has 0 aliphatic heterocycles. The standard InChI is InChI=1S/C27H31NO3/c1-3-30-27(29)18-31-24-11-6-10-21(17-24)22-14-15-23(16-22)28-19(2)25-13-7-9-20-8-4-5-12-26(20)25/h4-13,17,19,22-23,28H,3,14-16,18H2,1-2H3/t19?,22-,23?/m0/s1. The first-order valence-electron chi connectivity index (χ1n) is 11.3. The number of benzene rings is 3. The van der Waals surface area contributed by atoms with Crippen molar-refractivity contribution < 1.29 is 14.3 Å². The summed E-state index contributed by atoms with van der Waals surface area (Å²) < 4.78 is 10.6. The van der Waals surface area contributed by atoms with Crippen LogP contribution in [0.4, 0.5) is 0 Å². The zero-order valence-corrected chi connectivity index (χ0v) is 18.3. The van der Waals surface area contributed by atoms with Crippen LogP contribution in [0.25, 0.3) is 10.8 Å². The number of esters is 1. The fourth-order valence-electron chi connectivity index (χ4n) is 4.71. The highest BCUT2D eigenvalue weighted by molar-refractivity contribution is 5.86. The summed E-state index contributed by atoms with van der Waals surface area (Å²) in [5.41, 5.74) is 2.64. The molecule has 0 spiro atoms. The molecule has 3 aromatic carbocycles. The van der Waals surface area contributed by atoms with Crippen LogP contribution < -0.4 is 10.1 Å². The first-order valence-corrected chi connectivity index (χ1v) is 11.3. The van der Waals surface area contributed by atoms with Gasteiger partial charge in [-0.2, -0.15) is 0 Å². The van der Waals surface area contributed by atoms with Crippen LogP contribution in [-0.2, 0) is 9.53 Å². The Morgan fingerprint density at radius 2 is 1.87 bits per heavy atom. The fourth-order valence-corrected chi connectivity index (χ4v) is 4.71. The van der Waals surface area contributed by atoms with Crippen molar-refractivity contribution in [2.24, 2.45) is 0 Å². The smallest absolute Gasteiger partial charge is 0.344 e. The number of rotatable bonds is 8. The van der Waals surface area contributed by atoms with Crippen LogP contribution >= 0.6 is 0 Å². The van der Waals surface area contributed by atoms with Crippen molar-refractivity contribution in [2.45, 2.75) is 51.1 Å². The van der Waals surface area contributed by atoms with Gasteiger partial charge in [-0.3, -0.25) is 0 Å². The molecule has 1 aliphatic carbocycles. The number of carbonyl (C=O) groups is 1. The first-order chi connectivity index (χ1) is 15.1. The van der Waals surface area contributed by atoms with E-state index >= 15 is 0 Å². The molecule has 4 rings (SSSR count). The molecule has 0 aromatic heterocycles. The van der Waals surface area contributed by atoms with Crippen molar-refractivity contribution in [1.82, 2.24) is 5.32 Å². The summed E-state index contributed by atoms with van der Waals surface area (Å²) in [7, 11) is 0. The summed E-state index contributed by atoms with van der Waals surface area (Å²) in [4.78, 5) is 11.5. The highest BCUT2D eigenvalue weighted by Gasteiger charge is 2.27. The molecular weight excluding hydrogens is 386 g/mol. The normalized spacial score (nSPS) is 19.3. The Balaban J connectivity index is 1.37. The molecule has 1 saturated carbocycles. The van der Waals surface area contributed by atoms with E-state index in [4.69, 9.17) is 9.47 Å². The maximum atomic E-state index is 11.5. The van der Waals surface area contributed by atoms with Crippen molar-refractivity contribution in [3.63, 3.8) is 0 Å². The van der Waals surface area contributed by atoms with Crippen LogP contribution in [0.1, 0.15) is 56.2 Å². The molecule has 31 heavy (non-hydrogen) atoms. The molecular formula is C27H31NO3. The van der Waals surface area contributed by atoms with E-state index in [-0.39, 0.29) is 12.6 Å². The second-order valence-corrected chi connectivity index (χ2v) is 8.33. The van der Waals surface area contributed by atoms with Crippen molar-refractivity contribution in [1.29, 1.82) is 0 Å². The van der Waals surface area contributed by atoms with Crippen LogP contribution in [-0.4, -0.2) is 25.2 Å². The molecule has 0 amide bonds. The topological polar surface area (TPSA) is 47.6 Å². The predicted octanol–water partition coefficient (Wildman–Crippen LogP) is 5.77. The van der Waals surface area contributed by atoms with Gasteiger partial charge in [-0.1, -0.05) is 54.6 Å². The van der Waals surface area contributed by atoms with E-state index in [0.29, 0.717) is 24.6 Å². The zero-order chi connectivity index (χ0) is 21.6. The minimum atomic E-state index is -0.333. The average molecular weight is 418 g/mol. The molecule has 2 unspecified atom stereocenters. The maximum Gasteiger partial charge on any atom is 0.344 e. The Morgan fingerprint density at radius 1 is 1.06 bits per heavy atom. The lowest BCUT2D eigenvalue weighted by atomic mass is 9.96. The highest BCUT2D eigenvalue weighted by atomic mass is 16.6. The van der Waals surface area contributed by atoms with Gasteiger partial charge in [-0.15, -0.1) is 0 Å². The minimum Gasteiger partial charge on any atom is -0.482 e. The third kappa shape index (κ3) is 5.26. The van der Waals surface area contributed by atoms with Gasteiger partial charge in [0.25, 0.3) is 0 Å². The summed E-state index contributed by atoms with van der Waals surface area (Å²) in [6, 6.07) is 24.1. The number of carbonyl (C=O) groups excluding carboxylic acids is 1. The minimum absolute atomic E-state index is 0.0469. The Kier molecular flexibility index (Phi) is 6.88. The third-order valence-corrected chi connectivity index (χ3v) is 6.20. The summed E-state index contributed by atoms with van der Waals surface area (Å²) >= 11 is 0. The van der Waals surface area contributed by atoms with E-state index in [1.54, 1.807) is 6.92 Å². The number of hydrogen-bond acceptors (Lipinski definition) is 4. The molecule has 1 fully saturated rings. The Morgan fingerprint density at radius 3 is 2.74 bits per heavy atom. The zero-order valence-electron chi connectivity index (χ0n) is 18.3. The van der Waals surface area contributed by atoms with E-state index in [1.165, 1.54) is 21.9 Å². The number of hydrogen-bond donors (Lipinski definition) is 1. The highest BCUT2D eigenvalue weighted by Crippen LogP contribution is 2.37. The van der Waals surface area contributed by atoms with E-state index in [1.807, 2.05) is 12.1 Å². The Hall–Kier alpha value is -2.85. The van der Waals surface area contributed by atoms with Gasteiger partial charge in [0.1, 0.15) is 5.75 Å². The van der Waals surface area contributed by atoms with E-state index in [9.17, 15) is 4.79 Å². The molecule has 1 N–H and O–H groups in total. The quantitative estimate of drug-likeness (QED) is 0.473. The van der Waals surface area contributed by atoms with Gasteiger partial charge < -0.3 is 14.8 Å². The molecule has 0 saturated heterocycles. The second kappa shape index (κ2) is 9.97. The molecule has 0 heterocycles. The van der Waals surface area contributed by atoms with Crippen LogP contribution in [0.3, 0.4) is 0 Å². The van der Waals surface area contributed by atoms with Gasteiger partial charge in [0, 0.05) is 12.1 Å². The lowest BCUT2D eigenvalue weighted by Crippen LogP contribution is -2.29. The summed E-state index contributed by atoms with van der Waals surface area (Å²) in [6.45, 7) is 4.38. The van der Waals surface area contributed by atoms with E-state index in [0.717, 1.165) is 25.0 Å². The van der Waals surface area contributed by atoms with Gasteiger partial charge in [0.15, 0.2) is 6.61 Å². The molecule has 3 atom stereocenters. The van der Waals surface area contributed by atoms with Crippen LogP contribution in [0.15, 0.2) is 66.7 Å². The molecule has 4 heteroatoms. The molecule has 4 nitrogen and oxygen atoms in total. The maximum absolute atomic E-state index is 11.5. The summed E-state index contributed by atoms with van der Waals surface area (Å²) in [5, 5.41) is 6.48. The Bertz CT molecular complexity index is 1030. The third-order valence-electron chi connectivity index (χ3n) is 6.20. The van der Waals surface area contributed by atoms with Gasteiger partial charge in [-0.05, 0) is 73.1 Å².